The second-order valence-electron chi connectivity index (χ2n) is 6.22. The van der Waals surface area contributed by atoms with Crippen molar-refractivity contribution in [2.45, 2.75) is 13.1 Å². The first-order valence-corrected chi connectivity index (χ1v) is 9.84. The van der Waals surface area contributed by atoms with Gasteiger partial charge in [0.05, 0.1) is 5.69 Å². The van der Waals surface area contributed by atoms with Crippen LogP contribution in [0.3, 0.4) is 0 Å². The molecular weight excluding hydrogens is 456 g/mol. The molecule has 4 rings (SSSR count). The molecule has 130 valence electrons. The zero-order valence-corrected chi connectivity index (χ0v) is 17.2. The summed E-state index contributed by atoms with van der Waals surface area (Å²) in [7, 11) is 0. The highest BCUT2D eigenvalue weighted by Gasteiger charge is 2.38. The molecule has 1 atom stereocenters. The van der Waals surface area contributed by atoms with Gasteiger partial charge >= 0.3 is 0 Å². The summed E-state index contributed by atoms with van der Waals surface area (Å²) in [5, 5.41) is 3.54. The third-order valence-corrected chi connectivity index (χ3v) is 5.71. The average Bonchev–Trinajstić information content (AvgIpc) is 2.90. The van der Waals surface area contributed by atoms with E-state index >= 15 is 0 Å². The van der Waals surface area contributed by atoms with Crippen molar-refractivity contribution in [3.05, 3.63) is 92.4 Å². The number of halogens is 2. The summed E-state index contributed by atoms with van der Waals surface area (Å²) in [5.74, 6) is 0.0145. The lowest BCUT2D eigenvalue weighted by molar-refractivity contribution is 0.0993. The lowest BCUT2D eigenvalue weighted by Crippen LogP contribution is -2.32. The zero-order valence-electron chi connectivity index (χ0n) is 14.0. The SMILES string of the molecule is Cc1ccccc1N1C(=O)c2ccccc2[C@H]1Nc1ccc(Br)cc1Br. The number of benzene rings is 3. The highest BCUT2D eigenvalue weighted by molar-refractivity contribution is 9.11. The Hall–Kier alpha value is -2.11. The number of amides is 1. The van der Waals surface area contributed by atoms with E-state index in [0.717, 1.165) is 37.0 Å². The predicted octanol–water partition coefficient (Wildman–Crippen LogP) is 6.29. The Bertz CT molecular complexity index is 1000. The summed E-state index contributed by atoms with van der Waals surface area (Å²) in [6, 6.07) is 21.7. The molecule has 3 aromatic carbocycles. The van der Waals surface area contributed by atoms with Gasteiger partial charge in [-0.2, -0.15) is 0 Å². The van der Waals surface area contributed by atoms with E-state index in [2.05, 4.69) is 37.2 Å². The molecule has 0 aromatic heterocycles. The average molecular weight is 472 g/mol. The molecule has 0 radical (unpaired) electrons. The van der Waals surface area contributed by atoms with Gasteiger partial charge in [0.15, 0.2) is 0 Å². The fraction of sp³-hybridized carbons (Fsp3) is 0.0952. The van der Waals surface area contributed by atoms with E-state index in [-0.39, 0.29) is 12.1 Å². The Balaban J connectivity index is 1.82. The molecule has 0 bridgehead atoms. The van der Waals surface area contributed by atoms with Gasteiger partial charge in [0, 0.05) is 25.8 Å². The first-order valence-electron chi connectivity index (χ1n) is 8.26. The molecule has 5 heteroatoms. The van der Waals surface area contributed by atoms with Crippen LogP contribution in [0.1, 0.15) is 27.7 Å². The number of carbonyl (C=O) groups excluding carboxylic acids is 1. The number of hydrogen-bond donors (Lipinski definition) is 1. The monoisotopic (exact) mass is 470 g/mol. The van der Waals surface area contributed by atoms with Crippen molar-refractivity contribution in [2.24, 2.45) is 0 Å². The Kier molecular flexibility index (Phi) is 4.59. The van der Waals surface area contributed by atoms with Crippen LogP contribution < -0.4 is 10.2 Å². The van der Waals surface area contributed by atoms with Crippen LogP contribution in [-0.2, 0) is 0 Å². The van der Waals surface area contributed by atoms with Crippen molar-refractivity contribution < 1.29 is 4.79 Å². The highest BCUT2D eigenvalue weighted by Crippen LogP contribution is 2.40. The minimum absolute atomic E-state index is 0.0145. The lowest BCUT2D eigenvalue weighted by atomic mass is 10.1. The Labute approximate surface area is 169 Å². The number of aryl methyl sites for hydroxylation is 1. The number of carbonyl (C=O) groups is 1. The molecule has 1 heterocycles. The third kappa shape index (κ3) is 2.95. The molecule has 26 heavy (non-hydrogen) atoms. The van der Waals surface area contributed by atoms with Gasteiger partial charge in [-0.15, -0.1) is 0 Å². The van der Waals surface area contributed by atoms with E-state index in [0.29, 0.717) is 0 Å². The molecule has 1 amide bonds. The summed E-state index contributed by atoms with van der Waals surface area (Å²) in [6.07, 6.45) is -0.266. The number of hydrogen-bond acceptors (Lipinski definition) is 2. The smallest absolute Gasteiger partial charge is 0.260 e. The molecule has 3 aromatic rings. The molecule has 1 aliphatic heterocycles. The summed E-state index contributed by atoms with van der Waals surface area (Å²) in [6.45, 7) is 2.03. The van der Waals surface area contributed by atoms with Crippen LogP contribution in [0.15, 0.2) is 75.7 Å². The van der Waals surface area contributed by atoms with Gasteiger partial charge in [-0.3, -0.25) is 9.69 Å². The number of anilines is 2. The molecule has 0 spiro atoms. The fourth-order valence-electron chi connectivity index (χ4n) is 3.29. The van der Waals surface area contributed by atoms with Crippen molar-refractivity contribution in [3.8, 4) is 0 Å². The predicted molar refractivity (Wildman–Crippen MR) is 113 cm³/mol. The number of fused-ring (bicyclic) bond motifs is 1. The van der Waals surface area contributed by atoms with E-state index < -0.39 is 0 Å². The normalized spacial score (nSPS) is 15.9. The van der Waals surface area contributed by atoms with Crippen molar-refractivity contribution in [3.63, 3.8) is 0 Å². The maximum Gasteiger partial charge on any atom is 0.260 e. The van der Waals surface area contributed by atoms with Crippen LogP contribution >= 0.6 is 31.9 Å². The van der Waals surface area contributed by atoms with Crippen molar-refractivity contribution in [2.75, 3.05) is 10.2 Å². The maximum atomic E-state index is 13.2. The topological polar surface area (TPSA) is 32.3 Å². The zero-order chi connectivity index (χ0) is 18.3. The fourth-order valence-corrected chi connectivity index (χ4v) is 4.46. The van der Waals surface area contributed by atoms with E-state index in [1.807, 2.05) is 78.6 Å². The number of nitrogens with one attached hydrogen (secondary N) is 1. The second-order valence-corrected chi connectivity index (χ2v) is 7.99. The van der Waals surface area contributed by atoms with Gasteiger partial charge in [-0.1, -0.05) is 52.3 Å². The third-order valence-electron chi connectivity index (χ3n) is 4.56. The van der Waals surface area contributed by atoms with E-state index in [4.69, 9.17) is 0 Å². The molecule has 0 unspecified atom stereocenters. The second kappa shape index (κ2) is 6.89. The van der Waals surface area contributed by atoms with E-state index in [1.165, 1.54) is 0 Å². The lowest BCUT2D eigenvalue weighted by Gasteiger charge is -2.28. The van der Waals surface area contributed by atoms with Crippen molar-refractivity contribution >= 4 is 49.1 Å². The Morgan fingerprint density at radius 2 is 1.69 bits per heavy atom. The number of rotatable bonds is 3. The molecular formula is C21H16Br2N2O. The van der Waals surface area contributed by atoms with Crippen LogP contribution in [0.2, 0.25) is 0 Å². The molecule has 1 aliphatic rings. The minimum atomic E-state index is -0.266. The standard InChI is InChI=1S/C21H16Br2N2O/c1-13-6-2-5-9-19(13)25-20(15-7-3-4-8-16(15)21(25)26)24-18-11-10-14(22)12-17(18)23/h2-12,20,24H,1H3/t20-/m0/s1. The molecule has 0 saturated carbocycles. The summed E-state index contributed by atoms with van der Waals surface area (Å²) < 4.78 is 1.93. The minimum Gasteiger partial charge on any atom is -0.360 e. The Morgan fingerprint density at radius 1 is 0.962 bits per heavy atom. The molecule has 3 nitrogen and oxygen atoms in total. The largest absolute Gasteiger partial charge is 0.360 e. The number of para-hydroxylation sites is 1. The van der Waals surface area contributed by atoms with Crippen molar-refractivity contribution in [1.82, 2.24) is 0 Å². The van der Waals surface area contributed by atoms with Crippen LogP contribution in [-0.4, -0.2) is 5.91 Å². The first-order chi connectivity index (χ1) is 12.6. The molecule has 1 N–H and O–H groups in total. The van der Waals surface area contributed by atoms with Crippen LogP contribution in [0, 0.1) is 6.92 Å². The summed E-state index contributed by atoms with van der Waals surface area (Å²) >= 11 is 7.08. The van der Waals surface area contributed by atoms with Gasteiger partial charge in [0.1, 0.15) is 6.17 Å². The molecule has 0 fully saturated rings. The maximum absolute atomic E-state index is 13.2. The Morgan fingerprint density at radius 3 is 2.46 bits per heavy atom. The van der Waals surface area contributed by atoms with Crippen LogP contribution in [0.5, 0.6) is 0 Å². The summed E-state index contributed by atoms with van der Waals surface area (Å²) in [5.41, 5.74) is 4.63. The molecule has 0 aliphatic carbocycles. The summed E-state index contributed by atoms with van der Waals surface area (Å²) in [4.78, 5) is 15.0. The van der Waals surface area contributed by atoms with Gasteiger partial charge in [-0.05, 0) is 58.7 Å². The van der Waals surface area contributed by atoms with Crippen molar-refractivity contribution in [1.29, 1.82) is 0 Å². The van der Waals surface area contributed by atoms with E-state index in [1.54, 1.807) is 0 Å². The first kappa shape index (κ1) is 17.3. The van der Waals surface area contributed by atoms with Crippen LogP contribution in [0.4, 0.5) is 11.4 Å². The number of nitrogens with zero attached hydrogens (tertiary/aromatic N) is 1. The molecule has 0 saturated heterocycles. The van der Waals surface area contributed by atoms with Gasteiger partial charge in [0.25, 0.3) is 5.91 Å². The van der Waals surface area contributed by atoms with Gasteiger partial charge in [0.2, 0.25) is 0 Å². The van der Waals surface area contributed by atoms with Crippen LogP contribution in [0.25, 0.3) is 0 Å². The quantitative estimate of drug-likeness (QED) is 0.486. The van der Waals surface area contributed by atoms with E-state index in [9.17, 15) is 4.79 Å². The van der Waals surface area contributed by atoms with Gasteiger partial charge in [-0.25, -0.2) is 0 Å². The van der Waals surface area contributed by atoms with Gasteiger partial charge < -0.3 is 5.32 Å². The highest BCUT2D eigenvalue weighted by atomic mass is 79.9.